The van der Waals surface area contributed by atoms with Gasteiger partial charge in [0.05, 0.1) is 0 Å². The Kier molecular flexibility index (Phi) is 5.26. The average Bonchev–Trinajstić information content (AvgIpc) is 2.93. The first-order valence-corrected chi connectivity index (χ1v) is 8.40. The molecule has 118 valence electrons. The van der Waals surface area contributed by atoms with Gasteiger partial charge >= 0.3 is 0 Å². The molecule has 0 spiro atoms. The zero-order valence-corrected chi connectivity index (χ0v) is 14.0. The zero-order chi connectivity index (χ0) is 15.5. The molecule has 21 heavy (non-hydrogen) atoms. The predicted molar refractivity (Wildman–Crippen MR) is 88.9 cm³/mol. The van der Waals surface area contributed by atoms with Gasteiger partial charge in [-0.2, -0.15) is 0 Å². The molecule has 0 bridgehead atoms. The maximum atomic E-state index is 12.9. The SMILES string of the molecule is CCCNCc1ccc(C(C)(C)C)n(C2CCCC2)c1=O. The van der Waals surface area contributed by atoms with E-state index in [1.165, 1.54) is 18.5 Å². The number of nitrogens with zero attached hydrogens (tertiary/aromatic N) is 1. The van der Waals surface area contributed by atoms with Crippen molar-refractivity contribution in [1.82, 2.24) is 9.88 Å². The molecule has 1 aliphatic rings. The van der Waals surface area contributed by atoms with E-state index < -0.39 is 0 Å². The second-order valence-electron chi connectivity index (χ2n) is 7.28. The summed E-state index contributed by atoms with van der Waals surface area (Å²) in [5.41, 5.74) is 2.32. The summed E-state index contributed by atoms with van der Waals surface area (Å²) in [6.45, 7) is 10.4. The van der Waals surface area contributed by atoms with Crippen LogP contribution in [-0.4, -0.2) is 11.1 Å². The van der Waals surface area contributed by atoms with Crippen molar-refractivity contribution in [2.45, 2.75) is 77.8 Å². The van der Waals surface area contributed by atoms with Gasteiger partial charge in [0.2, 0.25) is 0 Å². The number of pyridine rings is 1. The van der Waals surface area contributed by atoms with Crippen LogP contribution in [0.25, 0.3) is 0 Å². The minimum Gasteiger partial charge on any atom is -0.312 e. The van der Waals surface area contributed by atoms with Gasteiger partial charge in [0.1, 0.15) is 0 Å². The van der Waals surface area contributed by atoms with Crippen LogP contribution < -0.4 is 10.9 Å². The molecule has 0 aliphatic heterocycles. The summed E-state index contributed by atoms with van der Waals surface area (Å²) in [5, 5.41) is 3.35. The van der Waals surface area contributed by atoms with Gasteiger partial charge in [-0.1, -0.05) is 46.6 Å². The Morgan fingerprint density at radius 3 is 2.48 bits per heavy atom. The Morgan fingerprint density at radius 2 is 1.90 bits per heavy atom. The molecule has 0 radical (unpaired) electrons. The van der Waals surface area contributed by atoms with Crippen molar-refractivity contribution < 1.29 is 0 Å². The molecule has 0 unspecified atom stereocenters. The Balaban J connectivity index is 2.40. The lowest BCUT2D eigenvalue weighted by Crippen LogP contribution is -2.35. The first kappa shape index (κ1) is 16.3. The molecule has 3 nitrogen and oxygen atoms in total. The molecule has 2 rings (SSSR count). The molecule has 0 amide bonds. The van der Waals surface area contributed by atoms with Crippen LogP contribution in [0.5, 0.6) is 0 Å². The molecule has 0 saturated heterocycles. The van der Waals surface area contributed by atoms with Crippen molar-refractivity contribution in [3.05, 3.63) is 33.7 Å². The largest absolute Gasteiger partial charge is 0.312 e. The van der Waals surface area contributed by atoms with Gasteiger partial charge in [0.15, 0.2) is 0 Å². The Labute approximate surface area is 128 Å². The lowest BCUT2D eigenvalue weighted by Gasteiger charge is -2.28. The van der Waals surface area contributed by atoms with E-state index >= 15 is 0 Å². The summed E-state index contributed by atoms with van der Waals surface area (Å²) in [6, 6.07) is 4.59. The minimum absolute atomic E-state index is 0.0110. The lowest BCUT2D eigenvalue weighted by atomic mass is 9.90. The van der Waals surface area contributed by atoms with Crippen molar-refractivity contribution in [3.8, 4) is 0 Å². The summed E-state index contributed by atoms with van der Waals surface area (Å²) in [6.07, 6.45) is 5.89. The molecule has 3 heteroatoms. The van der Waals surface area contributed by atoms with Gasteiger partial charge in [-0.05, 0) is 31.9 Å². The molecule has 0 aromatic carbocycles. The van der Waals surface area contributed by atoms with Crippen LogP contribution in [0.3, 0.4) is 0 Å². The fourth-order valence-electron chi connectivity index (χ4n) is 3.27. The van der Waals surface area contributed by atoms with E-state index in [1.807, 2.05) is 6.07 Å². The van der Waals surface area contributed by atoms with Crippen LogP contribution in [0.2, 0.25) is 0 Å². The Bertz CT molecular complexity index is 519. The monoisotopic (exact) mass is 290 g/mol. The number of aromatic nitrogens is 1. The minimum atomic E-state index is 0.0110. The fourth-order valence-corrected chi connectivity index (χ4v) is 3.27. The summed E-state index contributed by atoms with van der Waals surface area (Å²) >= 11 is 0. The summed E-state index contributed by atoms with van der Waals surface area (Å²) in [4.78, 5) is 12.9. The van der Waals surface area contributed by atoms with E-state index in [-0.39, 0.29) is 11.0 Å². The van der Waals surface area contributed by atoms with E-state index in [4.69, 9.17) is 0 Å². The highest BCUT2D eigenvalue weighted by Gasteiger charge is 2.26. The number of nitrogens with one attached hydrogen (secondary N) is 1. The van der Waals surface area contributed by atoms with E-state index in [9.17, 15) is 4.79 Å². The molecule has 1 N–H and O–H groups in total. The van der Waals surface area contributed by atoms with Crippen LogP contribution in [0.1, 0.15) is 77.1 Å². The summed E-state index contributed by atoms with van der Waals surface area (Å²) in [5.74, 6) is 0. The first-order chi connectivity index (χ1) is 9.95. The van der Waals surface area contributed by atoms with E-state index in [0.29, 0.717) is 12.6 Å². The smallest absolute Gasteiger partial charge is 0.255 e. The second kappa shape index (κ2) is 6.78. The maximum Gasteiger partial charge on any atom is 0.255 e. The van der Waals surface area contributed by atoms with Gasteiger partial charge in [0, 0.05) is 29.3 Å². The zero-order valence-electron chi connectivity index (χ0n) is 14.0. The molecule has 0 atom stereocenters. The van der Waals surface area contributed by atoms with Crippen molar-refractivity contribution in [2.24, 2.45) is 0 Å². The van der Waals surface area contributed by atoms with Gasteiger partial charge < -0.3 is 9.88 Å². The molecule has 1 saturated carbocycles. The van der Waals surface area contributed by atoms with Crippen LogP contribution in [0.4, 0.5) is 0 Å². The van der Waals surface area contributed by atoms with Gasteiger partial charge in [-0.15, -0.1) is 0 Å². The Hall–Kier alpha value is -1.09. The third-order valence-electron chi connectivity index (χ3n) is 4.40. The molecule has 1 aromatic heterocycles. The highest BCUT2D eigenvalue weighted by Crippen LogP contribution is 2.32. The van der Waals surface area contributed by atoms with E-state index in [0.717, 1.165) is 31.4 Å². The van der Waals surface area contributed by atoms with Gasteiger partial charge in [-0.25, -0.2) is 0 Å². The second-order valence-corrected chi connectivity index (χ2v) is 7.28. The summed E-state index contributed by atoms with van der Waals surface area (Å²) in [7, 11) is 0. The van der Waals surface area contributed by atoms with Crippen molar-refractivity contribution in [2.75, 3.05) is 6.54 Å². The fraction of sp³-hybridized carbons (Fsp3) is 0.722. The molecular formula is C18H30N2O. The highest BCUT2D eigenvalue weighted by molar-refractivity contribution is 5.22. The lowest BCUT2D eigenvalue weighted by molar-refractivity contribution is 0.428. The van der Waals surface area contributed by atoms with Crippen molar-refractivity contribution in [1.29, 1.82) is 0 Å². The van der Waals surface area contributed by atoms with Crippen molar-refractivity contribution in [3.63, 3.8) is 0 Å². The topological polar surface area (TPSA) is 34.0 Å². The molecule has 1 aromatic rings. The van der Waals surface area contributed by atoms with Crippen LogP contribution in [-0.2, 0) is 12.0 Å². The molecule has 1 heterocycles. The summed E-state index contributed by atoms with van der Waals surface area (Å²) < 4.78 is 2.11. The standard InChI is InChI=1S/C18H30N2O/c1-5-12-19-13-14-10-11-16(18(2,3)4)20(17(14)21)15-8-6-7-9-15/h10-11,15,19H,5-9,12-13H2,1-4H3. The quantitative estimate of drug-likeness (QED) is 0.838. The van der Waals surface area contributed by atoms with Gasteiger partial charge in [-0.3, -0.25) is 4.79 Å². The Morgan fingerprint density at radius 1 is 1.24 bits per heavy atom. The third kappa shape index (κ3) is 3.76. The van der Waals surface area contributed by atoms with E-state index in [1.54, 1.807) is 0 Å². The number of hydrogen-bond acceptors (Lipinski definition) is 2. The van der Waals surface area contributed by atoms with Gasteiger partial charge in [0.25, 0.3) is 5.56 Å². The highest BCUT2D eigenvalue weighted by atomic mass is 16.1. The number of hydrogen-bond donors (Lipinski definition) is 1. The van der Waals surface area contributed by atoms with E-state index in [2.05, 4.69) is 43.6 Å². The average molecular weight is 290 g/mol. The van der Waals surface area contributed by atoms with Crippen LogP contribution >= 0.6 is 0 Å². The van der Waals surface area contributed by atoms with Crippen molar-refractivity contribution >= 4 is 0 Å². The third-order valence-corrected chi connectivity index (χ3v) is 4.40. The van der Waals surface area contributed by atoms with Crippen LogP contribution in [0.15, 0.2) is 16.9 Å². The molecule has 1 aliphatic carbocycles. The molecular weight excluding hydrogens is 260 g/mol. The molecule has 1 fully saturated rings. The number of rotatable bonds is 5. The van der Waals surface area contributed by atoms with Crippen LogP contribution in [0, 0.1) is 0 Å². The first-order valence-electron chi connectivity index (χ1n) is 8.40. The predicted octanol–water partition coefficient (Wildman–Crippen LogP) is 3.76. The maximum absolute atomic E-state index is 12.9. The normalized spacial score (nSPS) is 16.6.